The van der Waals surface area contributed by atoms with Crippen LogP contribution < -0.4 is 0 Å². The van der Waals surface area contributed by atoms with Crippen LogP contribution in [0.1, 0.15) is 0 Å². The molecule has 1 heterocycles. The van der Waals surface area contributed by atoms with Crippen LogP contribution in [0, 0.1) is 0 Å². The first kappa shape index (κ1) is 14.8. The predicted molar refractivity (Wildman–Crippen MR) is 83.7 cm³/mol. The van der Waals surface area contributed by atoms with Gasteiger partial charge in [0, 0.05) is 6.23 Å². The summed E-state index contributed by atoms with van der Waals surface area (Å²) in [5.74, 6) is 0. The molecule has 6 heteroatoms. The highest BCUT2D eigenvalue weighted by Gasteiger charge is 2.66. The Hall–Kier alpha value is 0.788. The maximum Gasteiger partial charge on any atom is 0.170 e. The lowest BCUT2D eigenvalue weighted by Crippen LogP contribution is -2.88. The molecule has 1 unspecified atom stereocenters. The fraction of sp³-hybridized carbons (Fsp3) is 1.00. The van der Waals surface area contributed by atoms with Gasteiger partial charge < -0.3 is 8.99 Å². The van der Waals surface area contributed by atoms with Gasteiger partial charge in [0.15, 0.2) is 7.83 Å². The standard InChI is InChI=1S/C10H29NOSi4/c1-11(2)16(9)10-12-13(3,4)14(5,6)15(16,7)8/h10H2,1-9H3. The maximum atomic E-state index is 6.45. The van der Waals surface area contributed by atoms with Crippen molar-refractivity contribution in [1.82, 2.24) is 4.57 Å². The molecule has 1 fully saturated rings. The van der Waals surface area contributed by atoms with Crippen molar-refractivity contribution >= 4 is 29.8 Å². The van der Waals surface area contributed by atoms with E-state index in [0.717, 1.165) is 6.23 Å². The monoisotopic (exact) mass is 291 g/mol. The van der Waals surface area contributed by atoms with Gasteiger partial charge in [0.2, 0.25) is 0 Å². The molecular weight excluding hydrogens is 262 g/mol. The van der Waals surface area contributed by atoms with E-state index in [9.17, 15) is 0 Å². The molecule has 0 aromatic rings. The minimum atomic E-state index is -1.38. The zero-order chi connectivity index (χ0) is 13.0. The molecule has 0 radical (unpaired) electrons. The molecule has 0 bridgehead atoms. The lowest BCUT2D eigenvalue weighted by atomic mass is 11.3. The van der Waals surface area contributed by atoms with Gasteiger partial charge >= 0.3 is 0 Å². The topological polar surface area (TPSA) is 12.5 Å². The van der Waals surface area contributed by atoms with Gasteiger partial charge in [0.25, 0.3) is 0 Å². The van der Waals surface area contributed by atoms with Crippen LogP contribution in [0.2, 0.25) is 45.8 Å². The Kier molecular flexibility index (Phi) is 3.61. The van der Waals surface area contributed by atoms with Crippen LogP contribution >= 0.6 is 0 Å². The third kappa shape index (κ3) is 1.69. The molecule has 0 saturated carbocycles. The van der Waals surface area contributed by atoms with Crippen LogP contribution in [0.5, 0.6) is 0 Å². The second kappa shape index (κ2) is 3.89. The smallest absolute Gasteiger partial charge is 0.170 e. The van der Waals surface area contributed by atoms with Crippen molar-refractivity contribution in [3.63, 3.8) is 0 Å². The minimum absolute atomic E-state index is 1.09. The van der Waals surface area contributed by atoms with Crippen LogP contribution in [0.4, 0.5) is 0 Å². The number of hydrogen-bond acceptors (Lipinski definition) is 2. The van der Waals surface area contributed by atoms with E-state index in [1.165, 1.54) is 0 Å². The quantitative estimate of drug-likeness (QED) is 0.689. The van der Waals surface area contributed by atoms with E-state index in [0.29, 0.717) is 0 Å². The van der Waals surface area contributed by atoms with Crippen molar-refractivity contribution in [2.45, 2.75) is 45.8 Å². The summed E-state index contributed by atoms with van der Waals surface area (Å²) in [7, 11) is -0.424. The second-order valence-corrected chi connectivity index (χ2v) is 45.6. The summed E-state index contributed by atoms with van der Waals surface area (Å²) in [6.45, 7) is 18.1. The summed E-state index contributed by atoms with van der Waals surface area (Å²) in [6, 6.07) is 0. The molecule has 1 aliphatic heterocycles. The molecule has 1 atom stereocenters. The number of hydrogen-bond donors (Lipinski definition) is 0. The van der Waals surface area contributed by atoms with Crippen LogP contribution in [0.3, 0.4) is 0 Å². The van der Waals surface area contributed by atoms with Crippen LogP contribution in [0.25, 0.3) is 0 Å². The third-order valence-corrected chi connectivity index (χ3v) is 71.2. The average molecular weight is 292 g/mol. The maximum absolute atomic E-state index is 6.45. The van der Waals surface area contributed by atoms with Crippen molar-refractivity contribution in [2.24, 2.45) is 0 Å². The summed E-state index contributed by atoms with van der Waals surface area (Å²) < 4.78 is 9.02. The largest absolute Gasteiger partial charge is 0.422 e. The lowest BCUT2D eigenvalue weighted by molar-refractivity contribution is 0.366. The van der Waals surface area contributed by atoms with Gasteiger partial charge in [-0.25, -0.2) is 0 Å². The van der Waals surface area contributed by atoms with Crippen molar-refractivity contribution in [3.05, 3.63) is 0 Å². The summed E-state index contributed by atoms with van der Waals surface area (Å²) in [5.41, 5.74) is 0. The molecule has 0 N–H and O–H groups in total. The molecule has 0 amide bonds. The predicted octanol–water partition coefficient (Wildman–Crippen LogP) is 2.55. The Labute approximate surface area is 105 Å². The van der Waals surface area contributed by atoms with Crippen LogP contribution in [-0.2, 0) is 4.43 Å². The van der Waals surface area contributed by atoms with Gasteiger partial charge in [-0.1, -0.05) is 32.7 Å². The fourth-order valence-corrected chi connectivity index (χ4v) is 70.1. The lowest BCUT2D eigenvalue weighted by Gasteiger charge is -2.61. The molecule has 1 aliphatic rings. The first-order valence-electron chi connectivity index (χ1n) is 6.21. The van der Waals surface area contributed by atoms with E-state index in [1.807, 2.05) is 0 Å². The molecular formula is C10H29NOSi4. The van der Waals surface area contributed by atoms with Crippen LogP contribution in [-0.4, -0.2) is 54.7 Å². The first-order chi connectivity index (χ1) is 6.90. The summed E-state index contributed by atoms with van der Waals surface area (Å²) in [5, 5.41) is 0. The Morgan fingerprint density at radius 3 is 1.62 bits per heavy atom. The van der Waals surface area contributed by atoms with Crippen molar-refractivity contribution in [3.8, 4) is 0 Å². The van der Waals surface area contributed by atoms with Crippen LogP contribution in [0.15, 0.2) is 0 Å². The van der Waals surface area contributed by atoms with Gasteiger partial charge in [-0.2, -0.15) is 0 Å². The van der Waals surface area contributed by atoms with Crippen molar-refractivity contribution in [2.75, 3.05) is 20.3 Å². The molecule has 1 rings (SSSR count). The average Bonchev–Trinajstić information content (AvgIpc) is 2.11. The molecule has 0 spiro atoms. The minimum Gasteiger partial charge on any atom is -0.422 e. The highest BCUT2D eigenvalue weighted by Crippen LogP contribution is 2.40. The Morgan fingerprint density at radius 1 is 0.812 bits per heavy atom. The Bertz CT molecular complexity index is 284. The Balaban J connectivity index is 3.27. The molecule has 16 heavy (non-hydrogen) atoms. The first-order valence-corrected chi connectivity index (χ1v) is 20.8. The van der Waals surface area contributed by atoms with E-state index in [2.05, 4.69) is 64.5 Å². The SMILES string of the molecule is CN(C)[Si]1(C)CO[Si](C)(C)[Si](C)(C)[Si]1(C)C. The van der Waals surface area contributed by atoms with Gasteiger partial charge in [-0.05, 0) is 27.2 Å². The molecule has 0 aliphatic carbocycles. The highest BCUT2D eigenvalue weighted by molar-refractivity contribution is 7.83. The highest BCUT2D eigenvalue weighted by atomic mass is 29.8. The van der Waals surface area contributed by atoms with Gasteiger partial charge in [0.1, 0.15) is 7.75 Å². The molecule has 0 aromatic carbocycles. The van der Waals surface area contributed by atoms with Gasteiger partial charge in [0.05, 0.1) is 14.2 Å². The Morgan fingerprint density at radius 2 is 1.25 bits per heavy atom. The van der Waals surface area contributed by atoms with E-state index in [4.69, 9.17) is 4.43 Å². The van der Waals surface area contributed by atoms with E-state index in [1.54, 1.807) is 0 Å². The molecule has 2 nitrogen and oxygen atoms in total. The zero-order valence-corrected chi connectivity index (χ0v) is 16.6. The van der Waals surface area contributed by atoms with E-state index >= 15 is 0 Å². The van der Waals surface area contributed by atoms with Gasteiger partial charge in [-0.15, -0.1) is 0 Å². The van der Waals surface area contributed by atoms with Crippen molar-refractivity contribution < 1.29 is 4.43 Å². The van der Waals surface area contributed by atoms with E-state index < -0.39 is 29.8 Å². The second-order valence-electron chi connectivity index (χ2n) is 7.22. The summed E-state index contributed by atoms with van der Waals surface area (Å²) >= 11 is 0. The summed E-state index contributed by atoms with van der Waals surface area (Å²) in [4.78, 5) is 0. The zero-order valence-electron chi connectivity index (χ0n) is 12.6. The third-order valence-electron chi connectivity index (χ3n) is 6.12. The number of rotatable bonds is 1. The van der Waals surface area contributed by atoms with Crippen molar-refractivity contribution in [1.29, 1.82) is 0 Å². The fourth-order valence-electron chi connectivity index (χ4n) is 2.80. The van der Waals surface area contributed by atoms with E-state index in [-0.39, 0.29) is 0 Å². The molecule has 0 aromatic heterocycles. The molecule has 96 valence electrons. The summed E-state index contributed by atoms with van der Waals surface area (Å²) in [6.07, 6.45) is 1.09. The number of nitrogens with zero attached hydrogens (tertiary/aromatic N) is 1. The molecule has 1 saturated heterocycles. The van der Waals surface area contributed by atoms with Gasteiger partial charge in [-0.3, -0.25) is 0 Å². The normalized spacial score (nSPS) is 36.4.